The van der Waals surface area contributed by atoms with Crippen LogP contribution in [0.5, 0.6) is 0 Å². The van der Waals surface area contributed by atoms with Crippen LogP contribution in [0.3, 0.4) is 0 Å². The Balaban J connectivity index is 1.76. The van der Waals surface area contributed by atoms with Crippen LogP contribution in [0.1, 0.15) is 44.9 Å². The van der Waals surface area contributed by atoms with Crippen molar-refractivity contribution in [3.05, 3.63) is 0 Å². The molecule has 1 saturated carbocycles. The molecule has 2 aliphatic rings. The summed E-state index contributed by atoms with van der Waals surface area (Å²) in [5, 5.41) is 0.674. The number of Topliss-reactive ketones (excluding diaryl/α,β-unsaturated/α-hetero) is 1. The van der Waals surface area contributed by atoms with Crippen molar-refractivity contribution >= 4 is 17.5 Å². The molecule has 2 heteroatoms. The quantitative estimate of drug-likeness (QED) is 0.693. The third-order valence-electron chi connectivity index (χ3n) is 3.26. The number of ketones is 1. The first kappa shape index (κ1) is 9.57. The van der Waals surface area contributed by atoms with Crippen molar-refractivity contribution in [2.75, 3.05) is 5.75 Å². The van der Waals surface area contributed by atoms with Crippen LogP contribution in [0.15, 0.2) is 0 Å². The zero-order chi connectivity index (χ0) is 9.10. The van der Waals surface area contributed by atoms with Crippen LogP contribution in [0.2, 0.25) is 0 Å². The lowest BCUT2D eigenvalue weighted by molar-refractivity contribution is -0.122. The Bertz CT molecular complexity index is 179. The molecule has 1 heterocycles. The van der Waals surface area contributed by atoms with Gasteiger partial charge >= 0.3 is 0 Å². The Labute approximate surface area is 84.7 Å². The highest BCUT2D eigenvalue weighted by Gasteiger charge is 2.26. The molecule has 13 heavy (non-hydrogen) atoms. The van der Waals surface area contributed by atoms with E-state index >= 15 is 0 Å². The zero-order valence-electron chi connectivity index (χ0n) is 8.13. The lowest BCUT2D eigenvalue weighted by atomic mass is 9.98. The summed E-state index contributed by atoms with van der Waals surface area (Å²) in [5.74, 6) is 2.29. The topological polar surface area (TPSA) is 17.1 Å². The second-order valence-corrected chi connectivity index (χ2v) is 5.70. The molecular formula is C11H18OS. The summed E-state index contributed by atoms with van der Waals surface area (Å²) in [6, 6.07) is 0. The van der Waals surface area contributed by atoms with Crippen molar-refractivity contribution in [2.45, 2.75) is 50.2 Å². The monoisotopic (exact) mass is 198 g/mol. The number of thioether (sulfide) groups is 1. The first-order valence-electron chi connectivity index (χ1n) is 5.50. The average Bonchev–Trinajstić information content (AvgIpc) is 2.74. The Morgan fingerprint density at radius 2 is 1.92 bits per heavy atom. The van der Waals surface area contributed by atoms with Gasteiger partial charge in [0.25, 0.3) is 0 Å². The molecule has 1 saturated heterocycles. The van der Waals surface area contributed by atoms with Gasteiger partial charge in [-0.3, -0.25) is 4.79 Å². The fourth-order valence-corrected chi connectivity index (χ4v) is 3.73. The van der Waals surface area contributed by atoms with Gasteiger partial charge in [-0.2, -0.15) is 11.8 Å². The molecule has 0 N–H and O–H groups in total. The second-order valence-electron chi connectivity index (χ2n) is 4.29. The molecule has 0 radical (unpaired) electrons. The minimum atomic E-state index is 0.446. The molecule has 0 bridgehead atoms. The third kappa shape index (κ3) is 2.49. The second kappa shape index (κ2) is 4.50. The van der Waals surface area contributed by atoms with Gasteiger partial charge in [-0.1, -0.05) is 12.8 Å². The molecule has 0 aromatic heterocycles. The summed E-state index contributed by atoms with van der Waals surface area (Å²) < 4.78 is 0. The molecule has 0 aromatic rings. The molecule has 0 amide bonds. The highest BCUT2D eigenvalue weighted by atomic mass is 32.2. The van der Waals surface area contributed by atoms with E-state index in [-0.39, 0.29) is 0 Å². The fourth-order valence-electron chi connectivity index (χ4n) is 2.44. The molecule has 1 nitrogen and oxygen atoms in total. The van der Waals surface area contributed by atoms with Crippen LogP contribution >= 0.6 is 11.8 Å². The predicted molar refractivity (Wildman–Crippen MR) is 57.1 cm³/mol. The van der Waals surface area contributed by atoms with Crippen molar-refractivity contribution in [1.82, 2.24) is 0 Å². The van der Waals surface area contributed by atoms with E-state index in [0.29, 0.717) is 17.0 Å². The maximum atomic E-state index is 11.8. The van der Waals surface area contributed by atoms with Gasteiger partial charge in [0.15, 0.2) is 0 Å². The SMILES string of the molecule is O=C(CC1CCCS1)C1CCCC1. The van der Waals surface area contributed by atoms with Crippen molar-refractivity contribution in [3.63, 3.8) is 0 Å². The van der Waals surface area contributed by atoms with Crippen molar-refractivity contribution < 1.29 is 4.79 Å². The van der Waals surface area contributed by atoms with Crippen LogP contribution in [0, 0.1) is 5.92 Å². The van der Waals surface area contributed by atoms with E-state index in [1.165, 1.54) is 44.3 Å². The van der Waals surface area contributed by atoms with Gasteiger partial charge in [0.05, 0.1) is 0 Å². The standard InChI is InChI=1S/C11H18OS/c12-11(9-4-1-2-5-9)8-10-6-3-7-13-10/h9-10H,1-8H2. The molecule has 2 fully saturated rings. The molecular weight excluding hydrogens is 180 g/mol. The maximum Gasteiger partial charge on any atom is 0.137 e. The molecule has 0 spiro atoms. The Hall–Kier alpha value is 0.0200. The lowest BCUT2D eigenvalue weighted by Gasteiger charge is -2.11. The van der Waals surface area contributed by atoms with Gasteiger partial charge in [0.1, 0.15) is 5.78 Å². The molecule has 1 aliphatic carbocycles. The van der Waals surface area contributed by atoms with Crippen LogP contribution in [0.25, 0.3) is 0 Å². The maximum absolute atomic E-state index is 11.8. The normalized spacial score (nSPS) is 29.7. The summed E-state index contributed by atoms with van der Waals surface area (Å²) in [6.45, 7) is 0. The Kier molecular flexibility index (Phi) is 3.31. The number of hydrogen-bond donors (Lipinski definition) is 0. The molecule has 0 aromatic carbocycles. The van der Waals surface area contributed by atoms with Crippen LogP contribution in [-0.2, 0) is 4.79 Å². The first-order valence-corrected chi connectivity index (χ1v) is 6.55. The van der Waals surface area contributed by atoms with Crippen LogP contribution < -0.4 is 0 Å². The van der Waals surface area contributed by atoms with E-state index in [2.05, 4.69) is 0 Å². The van der Waals surface area contributed by atoms with Gasteiger partial charge in [-0.25, -0.2) is 0 Å². The number of carbonyl (C=O) groups excluding carboxylic acids is 1. The molecule has 2 rings (SSSR count). The minimum Gasteiger partial charge on any atom is -0.299 e. The van der Waals surface area contributed by atoms with Crippen molar-refractivity contribution in [1.29, 1.82) is 0 Å². The number of rotatable bonds is 3. The van der Waals surface area contributed by atoms with Gasteiger partial charge in [-0.15, -0.1) is 0 Å². The molecule has 1 atom stereocenters. The number of hydrogen-bond acceptors (Lipinski definition) is 2. The van der Waals surface area contributed by atoms with E-state index < -0.39 is 0 Å². The van der Waals surface area contributed by atoms with Gasteiger partial charge in [-0.05, 0) is 31.4 Å². The number of carbonyl (C=O) groups is 1. The zero-order valence-corrected chi connectivity index (χ0v) is 8.94. The smallest absolute Gasteiger partial charge is 0.137 e. The average molecular weight is 198 g/mol. The van der Waals surface area contributed by atoms with Crippen molar-refractivity contribution in [3.8, 4) is 0 Å². The van der Waals surface area contributed by atoms with Crippen LogP contribution in [-0.4, -0.2) is 16.8 Å². The van der Waals surface area contributed by atoms with Crippen molar-refractivity contribution in [2.24, 2.45) is 5.92 Å². The first-order chi connectivity index (χ1) is 6.36. The summed E-state index contributed by atoms with van der Waals surface area (Å²) >= 11 is 2.01. The summed E-state index contributed by atoms with van der Waals surface area (Å²) in [5.41, 5.74) is 0. The highest BCUT2D eigenvalue weighted by molar-refractivity contribution is 8.00. The molecule has 1 unspecified atom stereocenters. The van der Waals surface area contributed by atoms with E-state index in [9.17, 15) is 4.79 Å². The Morgan fingerprint density at radius 1 is 1.15 bits per heavy atom. The lowest BCUT2D eigenvalue weighted by Crippen LogP contribution is -2.15. The third-order valence-corrected chi connectivity index (χ3v) is 4.66. The summed E-state index contributed by atoms with van der Waals surface area (Å²) in [4.78, 5) is 11.8. The largest absolute Gasteiger partial charge is 0.299 e. The van der Waals surface area contributed by atoms with Crippen LogP contribution in [0.4, 0.5) is 0 Å². The van der Waals surface area contributed by atoms with Gasteiger partial charge in [0.2, 0.25) is 0 Å². The van der Waals surface area contributed by atoms with Gasteiger partial charge < -0.3 is 0 Å². The molecule has 74 valence electrons. The Morgan fingerprint density at radius 3 is 2.54 bits per heavy atom. The van der Waals surface area contributed by atoms with E-state index in [4.69, 9.17) is 0 Å². The molecule has 1 aliphatic heterocycles. The van der Waals surface area contributed by atoms with E-state index in [0.717, 1.165) is 6.42 Å². The van der Waals surface area contributed by atoms with E-state index in [1.807, 2.05) is 11.8 Å². The summed E-state index contributed by atoms with van der Waals surface area (Å²) in [7, 11) is 0. The predicted octanol–water partition coefficient (Wildman–Crippen LogP) is 3.03. The highest BCUT2D eigenvalue weighted by Crippen LogP contribution is 2.32. The minimum absolute atomic E-state index is 0.446. The summed E-state index contributed by atoms with van der Waals surface area (Å²) in [6.07, 6.45) is 8.40. The fraction of sp³-hybridized carbons (Fsp3) is 0.909. The van der Waals surface area contributed by atoms with E-state index in [1.54, 1.807) is 0 Å². The van der Waals surface area contributed by atoms with Gasteiger partial charge in [0, 0.05) is 17.6 Å².